The number of carbonyl (C=O) groups excluding carboxylic acids is 3. The van der Waals surface area contributed by atoms with E-state index in [1.807, 2.05) is 109 Å². The van der Waals surface area contributed by atoms with Crippen LogP contribution >= 0.6 is 23.1 Å². The first kappa shape index (κ1) is 34.9. The molecule has 1 aromatic heterocycles. The van der Waals surface area contributed by atoms with Crippen molar-refractivity contribution >= 4 is 57.7 Å². The quantitative estimate of drug-likeness (QED) is 0.0864. The molecule has 10 heteroatoms. The van der Waals surface area contributed by atoms with Crippen molar-refractivity contribution in [2.24, 2.45) is 0 Å². The minimum absolute atomic E-state index is 0.0928. The van der Waals surface area contributed by atoms with Crippen LogP contribution in [-0.4, -0.2) is 29.8 Å². The van der Waals surface area contributed by atoms with Crippen molar-refractivity contribution in [2.45, 2.75) is 17.1 Å². The van der Waals surface area contributed by atoms with Gasteiger partial charge in [0.15, 0.2) is 5.13 Å². The predicted octanol–water partition coefficient (Wildman–Crippen LogP) is 9.01. The summed E-state index contributed by atoms with van der Waals surface area (Å²) >= 11 is 2.71. The number of aryl methyl sites for hydroxylation is 1. The number of ether oxygens (including phenoxy) is 1. The number of nitrogens with one attached hydrogen (secondary N) is 3. The average Bonchev–Trinajstić information content (AvgIpc) is 3.63. The Morgan fingerprint density at radius 2 is 1.51 bits per heavy atom. The van der Waals surface area contributed by atoms with E-state index in [9.17, 15) is 14.4 Å². The molecule has 0 bridgehead atoms. The van der Waals surface area contributed by atoms with Crippen LogP contribution in [-0.2, 0) is 9.59 Å². The summed E-state index contributed by atoms with van der Waals surface area (Å²) in [6.45, 7) is 1.94. The van der Waals surface area contributed by atoms with Crippen LogP contribution in [0.5, 0.6) is 5.75 Å². The maximum Gasteiger partial charge on any atom is 0.272 e. The number of nitrogens with zero attached hydrogens (tertiary/aromatic N) is 1. The zero-order valence-corrected chi connectivity index (χ0v) is 29.5. The van der Waals surface area contributed by atoms with Crippen molar-refractivity contribution in [3.05, 3.63) is 167 Å². The van der Waals surface area contributed by atoms with Gasteiger partial charge in [-0.1, -0.05) is 78.9 Å². The number of anilines is 2. The molecule has 5 aromatic carbocycles. The Labute approximate surface area is 304 Å². The maximum absolute atomic E-state index is 13.8. The number of benzene rings is 5. The summed E-state index contributed by atoms with van der Waals surface area (Å²) in [5.41, 5.74) is 5.26. The third-order valence-electron chi connectivity index (χ3n) is 7.82. The maximum atomic E-state index is 13.8. The lowest BCUT2D eigenvalue weighted by Gasteiger charge is -2.17. The topological polar surface area (TPSA) is 109 Å². The van der Waals surface area contributed by atoms with Gasteiger partial charge in [-0.3, -0.25) is 14.4 Å². The molecule has 1 atom stereocenters. The molecule has 3 amide bonds. The Balaban J connectivity index is 1.20. The van der Waals surface area contributed by atoms with Gasteiger partial charge < -0.3 is 20.7 Å². The average molecular weight is 711 g/mol. The van der Waals surface area contributed by atoms with Crippen LogP contribution in [0.4, 0.5) is 10.8 Å². The predicted molar refractivity (Wildman–Crippen MR) is 206 cm³/mol. The fourth-order valence-electron chi connectivity index (χ4n) is 5.13. The van der Waals surface area contributed by atoms with Crippen molar-refractivity contribution < 1.29 is 19.1 Å². The number of thiazole rings is 1. The second-order valence-electron chi connectivity index (χ2n) is 11.4. The lowest BCUT2D eigenvalue weighted by Crippen LogP contribution is -2.30. The van der Waals surface area contributed by atoms with E-state index in [-0.39, 0.29) is 11.6 Å². The van der Waals surface area contributed by atoms with E-state index < -0.39 is 17.1 Å². The highest BCUT2D eigenvalue weighted by Crippen LogP contribution is 2.38. The lowest BCUT2D eigenvalue weighted by molar-refractivity contribution is -0.116. The molecule has 1 unspecified atom stereocenters. The number of rotatable bonds is 12. The molecule has 1 heterocycles. The number of hydrogen-bond acceptors (Lipinski definition) is 7. The number of methoxy groups -OCH3 is 1. The van der Waals surface area contributed by atoms with E-state index in [0.717, 1.165) is 38.6 Å². The zero-order chi connectivity index (χ0) is 35.6. The first-order valence-corrected chi connectivity index (χ1v) is 17.8. The van der Waals surface area contributed by atoms with Crippen LogP contribution in [0.25, 0.3) is 17.3 Å². The number of hydrogen-bond donors (Lipinski definition) is 3. The molecule has 0 aliphatic rings. The van der Waals surface area contributed by atoms with Gasteiger partial charge in [-0.05, 0) is 84.3 Å². The summed E-state index contributed by atoms with van der Waals surface area (Å²) in [6.07, 6.45) is 1.67. The van der Waals surface area contributed by atoms with E-state index in [2.05, 4.69) is 20.9 Å². The number of aromatic nitrogens is 1. The standard InChI is InChI=1S/C41H34N4O4S2/c1-27-12-9-10-17-31(27)24-35(43-38(46)30-15-7-4-8-16-30)39(47)42-32-18-11-19-34(25-32)51-37(29-13-5-3-6-14-29)40(48)45-41-44-36(26-50-41)28-20-22-33(49-2)23-21-28/h3-26,37H,1-2H3,(H,42,47)(H,43,46)(H,44,45,48)/b35-24-. The fraction of sp³-hybridized carbons (Fsp3) is 0.0732. The molecule has 0 aliphatic carbocycles. The van der Waals surface area contributed by atoms with Gasteiger partial charge in [0.05, 0.1) is 12.8 Å². The molecule has 6 aromatic rings. The first-order valence-electron chi connectivity index (χ1n) is 16.0. The number of amides is 3. The highest BCUT2D eigenvalue weighted by Gasteiger charge is 2.24. The third kappa shape index (κ3) is 9.18. The number of thioether (sulfide) groups is 1. The first-order chi connectivity index (χ1) is 24.9. The Kier molecular flexibility index (Phi) is 11.4. The van der Waals surface area contributed by atoms with Crippen LogP contribution in [0, 0.1) is 6.92 Å². The van der Waals surface area contributed by atoms with Gasteiger partial charge in [0.2, 0.25) is 5.91 Å². The fourth-order valence-corrected chi connectivity index (χ4v) is 6.93. The number of carbonyl (C=O) groups is 3. The van der Waals surface area contributed by atoms with Gasteiger partial charge in [0.1, 0.15) is 16.7 Å². The third-order valence-corrected chi connectivity index (χ3v) is 9.83. The van der Waals surface area contributed by atoms with Crippen molar-refractivity contribution in [3.8, 4) is 17.0 Å². The van der Waals surface area contributed by atoms with Crippen molar-refractivity contribution in [1.82, 2.24) is 10.3 Å². The molecule has 8 nitrogen and oxygen atoms in total. The van der Waals surface area contributed by atoms with E-state index in [1.54, 1.807) is 49.6 Å². The summed E-state index contributed by atoms with van der Waals surface area (Å²) in [5, 5.41) is 10.5. The van der Waals surface area contributed by atoms with E-state index in [0.29, 0.717) is 16.4 Å². The molecule has 0 aliphatic heterocycles. The molecule has 0 spiro atoms. The van der Waals surface area contributed by atoms with Crippen LogP contribution < -0.4 is 20.7 Å². The Morgan fingerprint density at radius 1 is 0.804 bits per heavy atom. The molecule has 254 valence electrons. The second-order valence-corrected chi connectivity index (χ2v) is 13.4. The Hall–Kier alpha value is -5.97. The van der Waals surface area contributed by atoms with Gasteiger partial charge in [-0.25, -0.2) is 4.98 Å². The largest absolute Gasteiger partial charge is 0.497 e. The van der Waals surface area contributed by atoms with Crippen LogP contribution in [0.3, 0.4) is 0 Å². The van der Waals surface area contributed by atoms with Crippen molar-refractivity contribution in [2.75, 3.05) is 17.7 Å². The summed E-state index contributed by atoms with van der Waals surface area (Å²) in [4.78, 5) is 46.1. The summed E-state index contributed by atoms with van der Waals surface area (Å²) in [7, 11) is 1.62. The van der Waals surface area contributed by atoms with E-state index in [1.165, 1.54) is 23.1 Å². The lowest BCUT2D eigenvalue weighted by atomic mass is 10.1. The molecular weight excluding hydrogens is 677 g/mol. The molecule has 3 N–H and O–H groups in total. The van der Waals surface area contributed by atoms with Gasteiger partial charge in [-0.2, -0.15) is 0 Å². The second kappa shape index (κ2) is 16.6. The highest BCUT2D eigenvalue weighted by atomic mass is 32.2. The normalized spacial score (nSPS) is 11.7. The van der Waals surface area contributed by atoms with Gasteiger partial charge in [0, 0.05) is 27.1 Å². The molecule has 0 radical (unpaired) electrons. The van der Waals surface area contributed by atoms with Crippen LogP contribution in [0.1, 0.15) is 32.3 Å². The summed E-state index contributed by atoms with van der Waals surface area (Å²) < 4.78 is 5.26. The van der Waals surface area contributed by atoms with Crippen molar-refractivity contribution in [1.29, 1.82) is 0 Å². The Morgan fingerprint density at radius 3 is 2.24 bits per heavy atom. The van der Waals surface area contributed by atoms with Gasteiger partial charge in [-0.15, -0.1) is 23.1 Å². The van der Waals surface area contributed by atoms with Gasteiger partial charge in [0.25, 0.3) is 11.8 Å². The molecule has 0 saturated carbocycles. The molecular formula is C41H34N4O4S2. The van der Waals surface area contributed by atoms with Crippen LogP contribution in [0.2, 0.25) is 0 Å². The summed E-state index contributed by atoms with van der Waals surface area (Å²) in [5.74, 6) is -0.368. The molecule has 6 rings (SSSR count). The molecule has 51 heavy (non-hydrogen) atoms. The highest BCUT2D eigenvalue weighted by molar-refractivity contribution is 8.00. The SMILES string of the molecule is COc1ccc(-c2csc(NC(=O)C(Sc3cccc(NC(=O)/C(=C/c4ccccc4C)NC(=O)c4ccccc4)c3)c3ccccc3)n2)cc1. The van der Waals surface area contributed by atoms with E-state index in [4.69, 9.17) is 4.74 Å². The molecule has 0 saturated heterocycles. The Bertz CT molecular complexity index is 2170. The van der Waals surface area contributed by atoms with E-state index >= 15 is 0 Å². The molecule has 0 fully saturated rings. The minimum atomic E-state index is -0.618. The summed E-state index contributed by atoms with van der Waals surface area (Å²) in [6, 6.07) is 40.7. The smallest absolute Gasteiger partial charge is 0.272 e. The van der Waals surface area contributed by atoms with Crippen LogP contribution in [0.15, 0.2) is 149 Å². The zero-order valence-electron chi connectivity index (χ0n) is 27.8. The monoisotopic (exact) mass is 710 g/mol. The van der Waals surface area contributed by atoms with Gasteiger partial charge >= 0.3 is 0 Å². The van der Waals surface area contributed by atoms with Crippen molar-refractivity contribution in [3.63, 3.8) is 0 Å². The minimum Gasteiger partial charge on any atom is -0.497 e.